The second-order valence-corrected chi connectivity index (χ2v) is 15.3. The quantitative estimate of drug-likeness (QED) is 0.112. The van der Waals surface area contributed by atoms with Crippen LogP contribution in [0.2, 0.25) is 0 Å². The molecule has 0 aliphatic carbocycles. The second-order valence-electron chi connectivity index (χ2n) is 14.3. The molecule has 0 spiro atoms. The Kier molecular flexibility index (Phi) is 13.6. The summed E-state index contributed by atoms with van der Waals surface area (Å²) >= 11 is 0.932. The third-order valence-corrected chi connectivity index (χ3v) is 11.6. The zero-order valence-electron chi connectivity index (χ0n) is 31.9. The number of benzene rings is 4. The molecule has 0 fully saturated rings. The molecule has 0 saturated carbocycles. The van der Waals surface area contributed by atoms with Crippen LogP contribution in [-0.4, -0.2) is 65.2 Å². The number of alkyl halides is 3. The summed E-state index contributed by atoms with van der Waals surface area (Å²) in [5, 5.41) is 9.73. The third-order valence-electron chi connectivity index (χ3n) is 10.3. The van der Waals surface area contributed by atoms with Crippen molar-refractivity contribution in [1.82, 2.24) is 25.8 Å². The van der Waals surface area contributed by atoms with Gasteiger partial charge in [-0.05, 0) is 77.9 Å². The number of hydrogen-bond donors (Lipinski definition) is 6. The first-order chi connectivity index (χ1) is 27.8. The van der Waals surface area contributed by atoms with E-state index in [1.54, 1.807) is 66.9 Å². The summed E-state index contributed by atoms with van der Waals surface area (Å²) in [5.74, 6) is -2.51. The van der Waals surface area contributed by atoms with Crippen molar-refractivity contribution in [2.45, 2.75) is 79.3 Å². The Morgan fingerprint density at radius 1 is 0.862 bits per heavy atom. The minimum atomic E-state index is -4.77. The lowest BCUT2D eigenvalue weighted by molar-refractivity contribution is -0.142. The van der Waals surface area contributed by atoms with Gasteiger partial charge >= 0.3 is 6.18 Å². The van der Waals surface area contributed by atoms with Crippen molar-refractivity contribution in [2.75, 3.05) is 13.6 Å². The highest BCUT2D eigenvalue weighted by Crippen LogP contribution is 2.44. The van der Waals surface area contributed by atoms with E-state index in [1.165, 1.54) is 11.9 Å². The molecule has 6 rings (SSSR count). The van der Waals surface area contributed by atoms with E-state index in [0.717, 1.165) is 28.7 Å². The number of amides is 4. The maximum absolute atomic E-state index is 15.2. The number of carbonyl (C=O) groups excluding carboxylic acids is 4. The van der Waals surface area contributed by atoms with Gasteiger partial charge in [-0.1, -0.05) is 78.5 Å². The fourth-order valence-corrected chi connectivity index (χ4v) is 8.30. The van der Waals surface area contributed by atoms with Gasteiger partial charge in [-0.15, -0.1) is 0 Å². The lowest BCUT2D eigenvalue weighted by atomic mass is 9.98. The number of H-pyrrole nitrogens is 1. The smallest absolute Gasteiger partial charge is 0.370 e. The fourth-order valence-electron chi connectivity index (χ4n) is 7.12. The molecule has 8 N–H and O–H groups in total. The number of aromatic amines is 1. The average molecular weight is 814 g/mol. The number of rotatable bonds is 9. The Hall–Kier alpha value is -5.64. The number of carbonyl (C=O) groups is 4. The number of likely N-dealkylation sites (N-methyl/N-ethyl adjacent to an activating group) is 1. The van der Waals surface area contributed by atoms with Crippen molar-refractivity contribution in [3.05, 3.63) is 119 Å². The van der Waals surface area contributed by atoms with Crippen molar-refractivity contribution in [2.24, 2.45) is 11.5 Å². The summed E-state index contributed by atoms with van der Waals surface area (Å²) in [5.41, 5.74) is 13.7. The molecule has 5 aromatic rings. The minimum Gasteiger partial charge on any atom is -0.370 e. The van der Waals surface area contributed by atoms with Crippen molar-refractivity contribution < 1.29 is 32.3 Å². The van der Waals surface area contributed by atoms with E-state index in [0.29, 0.717) is 33.6 Å². The van der Waals surface area contributed by atoms with E-state index in [9.17, 15) is 19.2 Å². The molecule has 0 radical (unpaired) electrons. The number of nitrogens with zero attached hydrogens (tertiary/aromatic N) is 1. The normalized spacial score (nSPS) is 18.5. The Balaban J connectivity index is 1.50. The van der Waals surface area contributed by atoms with Crippen LogP contribution in [0.3, 0.4) is 0 Å². The molecule has 4 aromatic carbocycles. The average Bonchev–Trinajstić information content (AvgIpc) is 3.62. The van der Waals surface area contributed by atoms with Crippen molar-refractivity contribution in [1.29, 1.82) is 0 Å². The van der Waals surface area contributed by atoms with Crippen LogP contribution in [0.5, 0.6) is 0 Å². The van der Waals surface area contributed by atoms with Gasteiger partial charge in [0.1, 0.15) is 12.1 Å². The molecule has 1 aliphatic heterocycles. The highest BCUT2D eigenvalue weighted by molar-refractivity contribution is 7.99. The van der Waals surface area contributed by atoms with E-state index in [-0.39, 0.29) is 55.8 Å². The van der Waals surface area contributed by atoms with Crippen molar-refractivity contribution in [3.8, 4) is 11.1 Å². The Morgan fingerprint density at radius 3 is 2.33 bits per heavy atom. The third kappa shape index (κ3) is 10.1. The van der Waals surface area contributed by atoms with Crippen LogP contribution in [0.15, 0.2) is 107 Å². The summed E-state index contributed by atoms with van der Waals surface area (Å²) in [7, 11) is 1.43. The fraction of sp³-hybridized carbons (Fsp3) is 0.302. The molecule has 2 heterocycles. The maximum atomic E-state index is 15.2. The number of halogens is 3. The molecule has 15 heteroatoms. The van der Waals surface area contributed by atoms with E-state index < -0.39 is 53.5 Å². The first kappa shape index (κ1) is 42.0. The number of para-hydroxylation sites is 1. The predicted molar refractivity (Wildman–Crippen MR) is 217 cm³/mol. The molecule has 0 bridgehead atoms. The second kappa shape index (κ2) is 18.7. The van der Waals surface area contributed by atoms with Crippen LogP contribution in [0.1, 0.15) is 47.9 Å². The molecule has 1 aromatic heterocycles. The van der Waals surface area contributed by atoms with Gasteiger partial charge in [-0.25, -0.2) is 0 Å². The highest BCUT2D eigenvalue weighted by atomic mass is 32.2. The van der Waals surface area contributed by atoms with Gasteiger partial charge in [0.05, 0.1) is 11.6 Å². The monoisotopic (exact) mass is 813 g/mol. The van der Waals surface area contributed by atoms with Crippen molar-refractivity contribution >= 4 is 46.3 Å². The number of hydrogen-bond acceptors (Lipinski definition) is 7. The van der Waals surface area contributed by atoms with Crippen LogP contribution in [-0.2, 0) is 44.9 Å². The summed E-state index contributed by atoms with van der Waals surface area (Å²) in [4.78, 5) is 59.7. The van der Waals surface area contributed by atoms with Crippen LogP contribution in [0.25, 0.3) is 22.0 Å². The SMILES string of the molecule is CN1C(=O)[C@H](CCC(N)=O)NC(=O)[C@H](CCCN)NCc2ccccc2Sc2c(cc(-c3ccccc3)cc2C(F)(F)F)CNC(=O)[C@@H]1Cc1c[nH]c2ccccc12. The Morgan fingerprint density at radius 2 is 1.59 bits per heavy atom. The summed E-state index contributed by atoms with van der Waals surface area (Å²) < 4.78 is 45.5. The summed E-state index contributed by atoms with van der Waals surface area (Å²) in [6.45, 7) is 0.0614. The van der Waals surface area contributed by atoms with E-state index >= 15 is 13.2 Å². The highest BCUT2D eigenvalue weighted by Gasteiger charge is 2.37. The van der Waals surface area contributed by atoms with E-state index in [4.69, 9.17) is 11.5 Å². The van der Waals surface area contributed by atoms with Gasteiger partial charge in [-0.3, -0.25) is 19.2 Å². The number of aromatic nitrogens is 1. The van der Waals surface area contributed by atoms with E-state index in [2.05, 4.69) is 20.9 Å². The number of nitrogens with one attached hydrogen (secondary N) is 4. The van der Waals surface area contributed by atoms with Gasteiger partial charge in [-0.2, -0.15) is 13.2 Å². The molecule has 58 heavy (non-hydrogen) atoms. The lowest BCUT2D eigenvalue weighted by Gasteiger charge is -2.32. The zero-order valence-corrected chi connectivity index (χ0v) is 32.7. The van der Waals surface area contributed by atoms with Crippen LogP contribution in [0, 0.1) is 0 Å². The Labute approximate surface area is 338 Å². The van der Waals surface area contributed by atoms with Gasteiger partial charge in [0.25, 0.3) is 0 Å². The molecule has 0 unspecified atom stereocenters. The van der Waals surface area contributed by atoms with Gasteiger partial charge in [0.15, 0.2) is 0 Å². The minimum absolute atomic E-state index is 0.0160. The molecule has 0 saturated heterocycles. The summed E-state index contributed by atoms with van der Waals surface area (Å²) in [6, 6.07) is 22.5. The van der Waals surface area contributed by atoms with Gasteiger partial charge < -0.3 is 37.3 Å². The van der Waals surface area contributed by atoms with Crippen LogP contribution < -0.4 is 27.4 Å². The molecule has 4 amide bonds. The maximum Gasteiger partial charge on any atom is 0.417 e. The van der Waals surface area contributed by atoms with Crippen LogP contribution >= 0.6 is 11.8 Å². The standard InChI is InChI=1S/C43H46F3N7O4S/c1-53-36(22-29-24-49-33-14-7-6-13-31(29)33)41(56)51-25-30-20-28(26-10-3-2-4-11-26)21-32(43(44,45)46)39(30)58-37-16-8-5-12-27(37)23-50-34(15-9-19-47)40(55)52-35(42(53)57)17-18-38(48)54/h2-8,10-14,16,20-21,24,34-36,49-50H,9,15,17-19,22-23,25,47H2,1H3,(H2,48,54)(H,51,56)(H,52,55)/t34-,35-,36-/m0/s1. The van der Waals surface area contributed by atoms with E-state index in [1.807, 2.05) is 24.3 Å². The first-order valence-electron chi connectivity index (χ1n) is 19.0. The molecule has 3 atom stereocenters. The lowest BCUT2D eigenvalue weighted by Crippen LogP contribution is -2.57. The molecular formula is C43H46F3N7O4S. The number of primary amides is 1. The van der Waals surface area contributed by atoms with Gasteiger partial charge in [0.2, 0.25) is 23.6 Å². The molecular weight excluding hydrogens is 768 g/mol. The number of fused-ring (bicyclic) bond motifs is 3. The van der Waals surface area contributed by atoms with Crippen molar-refractivity contribution in [3.63, 3.8) is 0 Å². The van der Waals surface area contributed by atoms with Gasteiger partial charge in [0, 0.05) is 59.9 Å². The topological polar surface area (TPSA) is 175 Å². The Bertz CT molecular complexity index is 2270. The molecule has 304 valence electrons. The largest absolute Gasteiger partial charge is 0.417 e. The first-order valence-corrected chi connectivity index (χ1v) is 19.8. The predicted octanol–water partition coefficient (Wildman–Crippen LogP) is 5.65. The zero-order chi connectivity index (χ0) is 41.4. The summed E-state index contributed by atoms with van der Waals surface area (Å²) in [6.07, 6.45) is -2.65. The molecule has 11 nitrogen and oxygen atoms in total. The van der Waals surface area contributed by atoms with Crippen LogP contribution in [0.4, 0.5) is 13.2 Å². The molecule has 1 aliphatic rings. The number of nitrogens with two attached hydrogens (primary N) is 2.